The summed E-state index contributed by atoms with van der Waals surface area (Å²) in [5, 5.41) is 3.42. The molecule has 0 bridgehead atoms. The monoisotopic (exact) mass is 294 g/mol. The van der Waals surface area contributed by atoms with Crippen molar-refractivity contribution in [3.05, 3.63) is 28.8 Å². The first kappa shape index (κ1) is 11.0. The largest absolute Gasteiger partial charge is 0.397 e. The van der Waals surface area contributed by atoms with Crippen molar-refractivity contribution >= 4 is 27.1 Å². The predicted molar refractivity (Wildman–Crippen MR) is 72.1 cm³/mol. The molecule has 5 heteroatoms. The summed E-state index contributed by atoms with van der Waals surface area (Å²) >= 11 is 3.50. The van der Waals surface area contributed by atoms with E-state index in [2.05, 4.69) is 30.6 Å². The van der Waals surface area contributed by atoms with Crippen LogP contribution >= 0.6 is 15.9 Å². The van der Waals surface area contributed by atoms with Crippen molar-refractivity contribution in [1.82, 2.24) is 14.7 Å². The molecule has 0 spiro atoms. The number of rotatable bonds is 1. The summed E-state index contributed by atoms with van der Waals surface area (Å²) in [6.45, 7) is 2.11. The molecule has 0 aliphatic carbocycles. The summed E-state index contributed by atoms with van der Waals surface area (Å²) in [6.07, 6.45) is 4.43. The molecule has 0 aromatic carbocycles. The lowest BCUT2D eigenvalue weighted by Gasteiger charge is -2.21. The summed E-state index contributed by atoms with van der Waals surface area (Å²) in [4.78, 5) is 4.63. The molecule has 3 heterocycles. The summed E-state index contributed by atoms with van der Waals surface area (Å²) in [5.41, 5.74) is 7.74. The number of aromatic nitrogens is 2. The minimum atomic E-state index is 0.476. The number of pyridine rings is 1. The third kappa shape index (κ3) is 1.83. The highest BCUT2D eigenvalue weighted by atomic mass is 79.9. The average molecular weight is 295 g/mol. The van der Waals surface area contributed by atoms with E-state index in [4.69, 9.17) is 5.73 Å². The molecule has 1 fully saturated rings. The zero-order chi connectivity index (χ0) is 11.8. The topological polar surface area (TPSA) is 55.4 Å². The van der Waals surface area contributed by atoms with Crippen molar-refractivity contribution in [2.45, 2.75) is 18.8 Å². The van der Waals surface area contributed by atoms with Gasteiger partial charge < -0.3 is 15.5 Å². The second-order valence-corrected chi connectivity index (χ2v) is 5.24. The third-order valence-electron chi connectivity index (χ3n) is 3.34. The molecule has 1 aliphatic heterocycles. The molecule has 1 aliphatic rings. The normalized spacial score (nSPS) is 20.9. The van der Waals surface area contributed by atoms with Crippen molar-refractivity contribution in [3.63, 3.8) is 0 Å². The van der Waals surface area contributed by atoms with Crippen molar-refractivity contribution < 1.29 is 0 Å². The van der Waals surface area contributed by atoms with E-state index >= 15 is 0 Å². The Morgan fingerprint density at radius 3 is 3.18 bits per heavy atom. The smallest absolute Gasteiger partial charge is 0.134 e. The van der Waals surface area contributed by atoms with E-state index in [1.54, 1.807) is 0 Å². The molecule has 4 nitrogen and oxygen atoms in total. The van der Waals surface area contributed by atoms with Gasteiger partial charge in [0.25, 0.3) is 0 Å². The SMILES string of the molecule is Nc1cccn2c(C3CCCNC3)nc(Br)c12. The van der Waals surface area contributed by atoms with Crippen LogP contribution in [0.5, 0.6) is 0 Å². The van der Waals surface area contributed by atoms with E-state index < -0.39 is 0 Å². The first-order chi connectivity index (χ1) is 8.27. The van der Waals surface area contributed by atoms with E-state index in [-0.39, 0.29) is 0 Å². The van der Waals surface area contributed by atoms with Gasteiger partial charge in [0.15, 0.2) is 0 Å². The first-order valence-electron chi connectivity index (χ1n) is 5.90. The van der Waals surface area contributed by atoms with Gasteiger partial charge in [-0.2, -0.15) is 0 Å². The molecule has 3 N–H and O–H groups in total. The van der Waals surface area contributed by atoms with Crippen LogP contribution in [0.3, 0.4) is 0 Å². The average Bonchev–Trinajstić information content (AvgIpc) is 2.69. The van der Waals surface area contributed by atoms with Crippen molar-refractivity contribution in [2.24, 2.45) is 0 Å². The Morgan fingerprint density at radius 2 is 2.41 bits per heavy atom. The number of halogens is 1. The van der Waals surface area contributed by atoms with E-state index in [1.165, 1.54) is 12.8 Å². The second-order valence-electron chi connectivity index (χ2n) is 4.49. The number of hydrogen-bond acceptors (Lipinski definition) is 3. The maximum absolute atomic E-state index is 5.99. The summed E-state index contributed by atoms with van der Waals surface area (Å²) in [6, 6.07) is 3.88. The molecule has 3 rings (SSSR count). The molecule has 1 unspecified atom stereocenters. The van der Waals surface area contributed by atoms with Gasteiger partial charge >= 0.3 is 0 Å². The predicted octanol–water partition coefficient (Wildman–Crippen LogP) is 2.15. The van der Waals surface area contributed by atoms with E-state index in [9.17, 15) is 0 Å². The van der Waals surface area contributed by atoms with Gasteiger partial charge in [0.05, 0.1) is 5.69 Å². The molecule has 0 saturated carbocycles. The van der Waals surface area contributed by atoms with E-state index in [0.29, 0.717) is 5.92 Å². The van der Waals surface area contributed by atoms with E-state index in [0.717, 1.165) is 34.7 Å². The highest BCUT2D eigenvalue weighted by molar-refractivity contribution is 9.10. The Kier molecular flexibility index (Phi) is 2.80. The van der Waals surface area contributed by atoms with Gasteiger partial charge in [0.1, 0.15) is 15.9 Å². The van der Waals surface area contributed by atoms with Crippen LogP contribution in [-0.4, -0.2) is 22.5 Å². The third-order valence-corrected chi connectivity index (χ3v) is 3.90. The standard InChI is InChI=1S/C12H15BrN4/c13-11-10-9(14)4-2-6-17(10)12(16-11)8-3-1-5-15-7-8/h2,4,6,8,15H,1,3,5,7,14H2. The number of hydrogen-bond donors (Lipinski definition) is 2. The number of piperidine rings is 1. The molecular formula is C12H15BrN4. The Morgan fingerprint density at radius 1 is 1.53 bits per heavy atom. The van der Waals surface area contributed by atoms with Gasteiger partial charge in [-0.25, -0.2) is 4.98 Å². The minimum absolute atomic E-state index is 0.476. The first-order valence-corrected chi connectivity index (χ1v) is 6.69. The molecule has 17 heavy (non-hydrogen) atoms. The Labute approximate surface area is 108 Å². The number of nitrogens with one attached hydrogen (secondary N) is 1. The fraction of sp³-hybridized carbons (Fsp3) is 0.417. The van der Waals surface area contributed by atoms with Gasteiger partial charge in [-0.15, -0.1) is 0 Å². The lowest BCUT2D eigenvalue weighted by atomic mass is 9.99. The van der Waals surface area contributed by atoms with Crippen LogP contribution in [0.1, 0.15) is 24.6 Å². The van der Waals surface area contributed by atoms with Gasteiger partial charge in [-0.3, -0.25) is 0 Å². The number of nitrogens with two attached hydrogens (primary N) is 1. The van der Waals surface area contributed by atoms with Crippen molar-refractivity contribution in [2.75, 3.05) is 18.8 Å². The van der Waals surface area contributed by atoms with Crippen LogP contribution in [-0.2, 0) is 0 Å². The van der Waals surface area contributed by atoms with Crippen LogP contribution in [0, 0.1) is 0 Å². The van der Waals surface area contributed by atoms with Crippen LogP contribution < -0.4 is 11.1 Å². The summed E-state index contributed by atoms with van der Waals surface area (Å²) in [5.74, 6) is 1.58. The van der Waals surface area contributed by atoms with Gasteiger partial charge in [0, 0.05) is 18.7 Å². The quantitative estimate of drug-likeness (QED) is 0.847. The number of nitrogens with zero attached hydrogens (tertiary/aromatic N) is 2. The Balaban J connectivity index is 2.13. The lowest BCUT2D eigenvalue weighted by Crippen LogP contribution is -2.29. The maximum atomic E-state index is 5.99. The Hall–Kier alpha value is -1.07. The molecule has 2 aromatic rings. The molecule has 2 aromatic heterocycles. The zero-order valence-electron chi connectivity index (χ0n) is 9.49. The van der Waals surface area contributed by atoms with Crippen LogP contribution in [0.25, 0.3) is 5.52 Å². The van der Waals surface area contributed by atoms with Gasteiger partial charge in [0.2, 0.25) is 0 Å². The molecular weight excluding hydrogens is 280 g/mol. The lowest BCUT2D eigenvalue weighted by molar-refractivity contribution is 0.445. The minimum Gasteiger partial charge on any atom is -0.397 e. The maximum Gasteiger partial charge on any atom is 0.134 e. The van der Waals surface area contributed by atoms with Crippen molar-refractivity contribution in [1.29, 1.82) is 0 Å². The van der Waals surface area contributed by atoms with Gasteiger partial charge in [-0.1, -0.05) is 0 Å². The summed E-state index contributed by atoms with van der Waals surface area (Å²) in [7, 11) is 0. The highest BCUT2D eigenvalue weighted by Crippen LogP contribution is 2.30. The molecule has 1 atom stereocenters. The fourth-order valence-electron chi connectivity index (χ4n) is 2.50. The van der Waals surface area contributed by atoms with Crippen LogP contribution in [0.4, 0.5) is 5.69 Å². The Bertz CT molecular complexity index is 543. The molecule has 0 radical (unpaired) electrons. The molecule has 1 saturated heterocycles. The van der Waals surface area contributed by atoms with E-state index in [1.807, 2.05) is 18.3 Å². The van der Waals surface area contributed by atoms with Crippen LogP contribution in [0.15, 0.2) is 22.9 Å². The van der Waals surface area contributed by atoms with Crippen LogP contribution in [0.2, 0.25) is 0 Å². The number of nitrogen functional groups attached to an aromatic ring is 1. The number of fused-ring (bicyclic) bond motifs is 1. The number of anilines is 1. The highest BCUT2D eigenvalue weighted by Gasteiger charge is 2.21. The van der Waals surface area contributed by atoms with Crippen molar-refractivity contribution in [3.8, 4) is 0 Å². The molecule has 0 amide bonds. The fourth-order valence-corrected chi connectivity index (χ4v) is 3.10. The number of imidazole rings is 1. The second kappa shape index (κ2) is 4.31. The van der Waals surface area contributed by atoms with Gasteiger partial charge in [-0.05, 0) is 47.4 Å². The summed E-state index contributed by atoms with van der Waals surface area (Å²) < 4.78 is 2.95. The molecule has 90 valence electrons. The zero-order valence-corrected chi connectivity index (χ0v) is 11.1.